The van der Waals surface area contributed by atoms with Crippen molar-refractivity contribution in [3.63, 3.8) is 0 Å². The Bertz CT molecular complexity index is 409. The minimum Gasteiger partial charge on any atom is -0.369 e. The van der Waals surface area contributed by atoms with Crippen molar-refractivity contribution in [3.8, 4) is 0 Å². The molecule has 1 N–H and O–H groups in total. The number of amides is 1. The van der Waals surface area contributed by atoms with E-state index >= 15 is 0 Å². The van der Waals surface area contributed by atoms with Crippen LogP contribution in [0.3, 0.4) is 0 Å². The average molecular weight is 270 g/mol. The summed E-state index contributed by atoms with van der Waals surface area (Å²) in [7, 11) is 1.80. The second kappa shape index (κ2) is 7.21. The van der Waals surface area contributed by atoms with E-state index in [1.54, 1.807) is 24.2 Å². The monoisotopic (exact) mass is 269 g/mol. The third-order valence-corrected chi connectivity index (χ3v) is 2.91. The van der Waals surface area contributed by atoms with Crippen LogP contribution in [-0.4, -0.2) is 35.9 Å². The van der Waals surface area contributed by atoms with Crippen LogP contribution in [-0.2, 0) is 0 Å². The van der Waals surface area contributed by atoms with Crippen LogP contribution in [0, 0.1) is 0 Å². The highest BCUT2D eigenvalue weighted by molar-refractivity contribution is 6.33. The van der Waals surface area contributed by atoms with Gasteiger partial charge in [-0.05, 0) is 19.4 Å². The van der Waals surface area contributed by atoms with Crippen molar-refractivity contribution < 1.29 is 4.79 Å². The highest BCUT2D eigenvalue weighted by Crippen LogP contribution is 2.20. The van der Waals surface area contributed by atoms with Crippen LogP contribution in [0.1, 0.15) is 37.0 Å². The van der Waals surface area contributed by atoms with E-state index in [9.17, 15) is 4.79 Å². The number of nitrogens with one attached hydrogen (secondary N) is 1. The Balaban J connectivity index is 2.77. The fraction of sp³-hybridized carbons (Fsp3) is 0.538. The number of unbranched alkanes of at least 4 members (excludes halogenated alkanes) is 1. The lowest BCUT2D eigenvalue weighted by Crippen LogP contribution is -2.27. The third-order valence-electron chi connectivity index (χ3n) is 2.63. The summed E-state index contributed by atoms with van der Waals surface area (Å²) >= 11 is 6.07. The van der Waals surface area contributed by atoms with Crippen molar-refractivity contribution in [2.45, 2.75) is 26.7 Å². The molecule has 4 nitrogen and oxygen atoms in total. The summed E-state index contributed by atoms with van der Waals surface area (Å²) in [6.07, 6.45) is 3.63. The molecule has 0 saturated heterocycles. The molecular weight excluding hydrogens is 250 g/mol. The molecule has 0 fully saturated rings. The molecule has 1 aromatic heterocycles. The minimum atomic E-state index is -0.0408. The van der Waals surface area contributed by atoms with Gasteiger partial charge < -0.3 is 10.2 Å². The Labute approximate surface area is 113 Å². The molecule has 0 unspecified atom stereocenters. The van der Waals surface area contributed by atoms with Crippen LogP contribution in [0.25, 0.3) is 0 Å². The van der Waals surface area contributed by atoms with Gasteiger partial charge in [-0.3, -0.25) is 4.79 Å². The molecule has 1 amide bonds. The molecule has 0 aliphatic heterocycles. The molecule has 0 spiro atoms. The molecule has 0 aromatic carbocycles. The van der Waals surface area contributed by atoms with Crippen molar-refractivity contribution in [2.75, 3.05) is 25.5 Å². The van der Waals surface area contributed by atoms with Gasteiger partial charge in [-0.1, -0.05) is 24.9 Å². The predicted molar refractivity (Wildman–Crippen MR) is 75.3 cm³/mol. The highest BCUT2D eigenvalue weighted by Gasteiger charge is 2.13. The molecule has 0 radical (unpaired) electrons. The van der Waals surface area contributed by atoms with Crippen molar-refractivity contribution in [2.24, 2.45) is 0 Å². The van der Waals surface area contributed by atoms with Gasteiger partial charge in [0.05, 0.1) is 10.6 Å². The predicted octanol–water partition coefficient (Wildman–Crippen LogP) is 3.04. The van der Waals surface area contributed by atoms with Crippen molar-refractivity contribution in [3.05, 3.63) is 22.8 Å². The van der Waals surface area contributed by atoms with E-state index in [1.165, 1.54) is 0 Å². The number of anilines is 1. The molecule has 18 heavy (non-hydrogen) atoms. The van der Waals surface area contributed by atoms with Crippen molar-refractivity contribution in [1.29, 1.82) is 0 Å². The molecule has 100 valence electrons. The molecule has 0 aliphatic rings. The first-order chi connectivity index (χ1) is 8.60. The van der Waals surface area contributed by atoms with Gasteiger partial charge in [0, 0.05) is 26.3 Å². The fourth-order valence-electron chi connectivity index (χ4n) is 1.57. The number of hydrogen-bond acceptors (Lipinski definition) is 3. The van der Waals surface area contributed by atoms with Crippen molar-refractivity contribution >= 4 is 23.3 Å². The number of hydrogen-bond donors (Lipinski definition) is 1. The molecule has 1 heterocycles. The van der Waals surface area contributed by atoms with Crippen LogP contribution < -0.4 is 5.32 Å². The Kier molecular flexibility index (Phi) is 5.92. The van der Waals surface area contributed by atoms with Gasteiger partial charge in [-0.2, -0.15) is 0 Å². The van der Waals surface area contributed by atoms with Crippen LogP contribution in [0.4, 0.5) is 5.82 Å². The maximum Gasteiger partial charge on any atom is 0.255 e. The summed E-state index contributed by atoms with van der Waals surface area (Å²) in [5.74, 6) is 0.577. The number of pyridine rings is 1. The molecule has 0 atom stereocenters. The summed E-state index contributed by atoms with van der Waals surface area (Å²) in [6.45, 7) is 5.57. The summed E-state index contributed by atoms with van der Waals surface area (Å²) in [6, 6.07) is 1.66. The Morgan fingerprint density at radius 2 is 2.22 bits per heavy atom. The number of carbonyl (C=O) groups is 1. The fourth-order valence-corrected chi connectivity index (χ4v) is 1.80. The molecule has 5 heteroatoms. The summed E-state index contributed by atoms with van der Waals surface area (Å²) < 4.78 is 0. The maximum absolute atomic E-state index is 12.1. The van der Waals surface area contributed by atoms with E-state index < -0.39 is 0 Å². The molecule has 0 saturated carbocycles. The topological polar surface area (TPSA) is 45.2 Å². The first-order valence-corrected chi connectivity index (χ1v) is 6.62. The van der Waals surface area contributed by atoms with Gasteiger partial charge in [0.1, 0.15) is 5.82 Å². The van der Waals surface area contributed by atoms with Gasteiger partial charge in [0.25, 0.3) is 5.91 Å². The number of halogens is 1. The van der Waals surface area contributed by atoms with E-state index in [2.05, 4.69) is 17.2 Å². The van der Waals surface area contributed by atoms with Crippen LogP contribution in [0.5, 0.6) is 0 Å². The van der Waals surface area contributed by atoms with E-state index in [0.29, 0.717) is 16.4 Å². The number of rotatable bonds is 6. The molecular formula is C13H20ClN3O. The van der Waals surface area contributed by atoms with Gasteiger partial charge in [-0.25, -0.2) is 4.98 Å². The Morgan fingerprint density at radius 3 is 2.78 bits per heavy atom. The van der Waals surface area contributed by atoms with E-state index in [1.807, 2.05) is 6.92 Å². The Hall–Kier alpha value is -1.29. The Morgan fingerprint density at radius 1 is 1.50 bits per heavy atom. The number of nitrogens with zero attached hydrogens (tertiary/aromatic N) is 2. The van der Waals surface area contributed by atoms with Crippen LogP contribution in [0.2, 0.25) is 5.02 Å². The van der Waals surface area contributed by atoms with Gasteiger partial charge in [-0.15, -0.1) is 0 Å². The SMILES string of the molecule is CCCCN(C)C(=O)c1cnc(NCC)c(Cl)c1. The molecule has 0 bridgehead atoms. The van der Waals surface area contributed by atoms with Crippen LogP contribution >= 0.6 is 11.6 Å². The summed E-state index contributed by atoms with van der Waals surface area (Å²) in [4.78, 5) is 17.9. The molecule has 1 aromatic rings. The van der Waals surface area contributed by atoms with Gasteiger partial charge >= 0.3 is 0 Å². The maximum atomic E-state index is 12.1. The normalized spacial score (nSPS) is 10.2. The lowest BCUT2D eigenvalue weighted by molar-refractivity contribution is 0.0793. The van der Waals surface area contributed by atoms with Crippen molar-refractivity contribution in [1.82, 2.24) is 9.88 Å². The molecule has 0 aliphatic carbocycles. The average Bonchev–Trinajstić information content (AvgIpc) is 2.37. The van der Waals surface area contributed by atoms with Gasteiger partial charge in [0.2, 0.25) is 0 Å². The number of aromatic nitrogens is 1. The second-order valence-electron chi connectivity index (χ2n) is 4.17. The third kappa shape index (κ3) is 3.88. The van der Waals surface area contributed by atoms with E-state index in [0.717, 1.165) is 25.9 Å². The zero-order valence-electron chi connectivity index (χ0n) is 11.2. The quantitative estimate of drug-likeness (QED) is 0.863. The zero-order valence-corrected chi connectivity index (χ0v) is 11.9. The lowest BCUT2D eigenvalue weighted by Gasteiger charge is -2.17. The van der Waals surface area contributed by atoms with Crippen LogP contribution in [0.15, 0.2) is 12.3 Å². The highest BCUT2D eigenvalue weighted by atomic mass is 35.5. The summed E-state index contributed by atoms with van der Waals surface area (Å²) in [5, 5.41) is 3.52. The zero-order chi connectivity index (χ0) is 13.5. The molecule has 1 rings (SSSR count). The van der Waals surface area contributed by atoms with Gasteiger partial charge in [0.15, 0.2) is 0 Å². The number of carbonyl (C=O) groups excluding carboxylic acids is 1. The lowest BCUT2D eigenvalue weighted by atomic mass is 10.2. The largest absolute Gasteiger partial charge is 0.369 e. The smallest absolute Gasteiger partial charge is 0.255 e. The van der Waals surface area contributed by atoms with E-state index in [4.69, 9.17) is 11.6 Å². The second-order valence-corrected chi connectivity index (χ2v) is 4.57. The summed E-state index contributed by atoms with van der Waals surface area (Å²) in [5.41, 5.74) is 0.528. The minimum absolute atomic E-state index is 0.0408. The van der Waals surface area contributed by atoms with E-state index in [-0.39, 0.29) is 5.91 Å². The first kappa shape index (κ1) is 14.8. The standard InChI is InChI=1S/C13H20ClN3O/c1-4-6-7-17(3)13(18)10-8-11(14)12(15-5-2)16-9-10/h8-9H,4-7H2,1-3H3,(H,15,16). The first-order valence-electron chi connectivity index (χ1n) is 6.25.